The van der Waals surface area contributed by atoms with Crippen LogP contribution in [-0.4, -0.2) is 59.0 Å². The van der Waals surface area contributed by atoms with Crippen molar-refractivity contribution in [3.63, 3.8) is 0 Å². The van der Waals surface area contributed by atoms with Gasteiger partial charge in [0.15, 0.2) is 5.75 Å². The first-order valence-corrected chi connectivity index (χ1v) is 7.60. The molecule has 0 saturated carbocycles. The summed E-state index contributed by atoms with van der Waals surface area (Å²) in [5.74, 6) is -0.164. The molecule has 5 nitrogen and oxygen atoms in total. The molecule has 1 aromatic carbocycles. The topological polar surface area (TPSA) is 56.7 Å². The molecule has 3 rings (SSSR count). The summed E-state index contributed by atoms with van der Waals surface area (Å²) in [5.41, 5.74) is 0.803. The second kappa shape index (κ2) is 5.93. The number of hydrogen-bond donors (Lipinski definition) is 1. The maximum Gasteiger partial charge on any atom is 0.257 e. The van der Waals surface area contributed by atoms with Gasteiger partial charge in [0.05, 0.1) is 5.56 Å². The quantitative estimate of drug-likeness (QED) is 0.922. The van der Waals surface area contributed by atoms with Crippen LogP contribution in [0.3, 0.4) is 0 Å². The van der Waals surface area contributed by atoms with Crippen molar-refractivity contribution in [1.29, 1.82) is 0 Å². The highest BCUT2D eigenvalue weighted by atomic mass is 16.3. The summed E-state index contributed by atoms with van der Waals surface area (Å²) >= 11 is 0. The van der Waals surface area contributed by atoms with Crippen LogP contribution in [0.1, 0.15) is 23.2 Å². The van der Waals surface area contributed by atoms with E-state index in [2.05, 4.69) is 16.9 Å². The van der Waals surface area contributed by atoms with Gasteiger partial charge in [0.2, 0.25) is 0 Å². The number of fused-ring (bicyclic) bond motifs is 1. The highest BCUT2D eigenvalue weighted by Gasteiger charge is 2.26. The van der Waals surface area contributed by atoms with E-state index >= 15 is 0 Å². The molecule has 2 heterocycles. The lowest BCUT2D eigenvalue weighted by Gasteiger charge is -2.35. The smallest absolute Gasteiger partial charge is 0.257 e. The van der Waals surface area contributed by atoms with Crippen molar-refractivity contribution in [2.45, 2.75) is 18.9 Å². The first-order chi connectivity index (χ1) is 10.6. The normalized spacial score (nSPS) is 16.8. The highest BCUT2D eigenvalue weighted by Crippen LogP contribution is 2.28. The molecule has 1 aliphatic rings. The van der Waals surface area contributed by atoms with Crippen molar-refractivity contribution in [3.05, 3.63) is 36.0 Å². The zero-order valence-electron chi connectivity index (χ0n) is 13.0. The lowest BCUT2D eigenvalue weighted by Crippen LogP contribution is -2.44. The minimum Gasteiger partial charge on any atom is -0.505 e. The highest BCUT2D eigenvalue weighted by molar-refractivity contribution is 6.02. The average Bonchev–Trinajstić information content (AvgIpc) is 2.55. The third-order valence-corrected chi connectivity index (χ3v) is 4.53. The second-order valence-electron chi connectivity index (χ2n) is 5.99. The van der Waals surface area contributed by atoms with Crippen molar-refractivity contribution in [2.24, 2.45) is 0 Å². The van der Waals surface area contributed by atoms with Gasteiger partial charge in [0.1, 0.15) is 5.52 Å². The number of likely N-dealkylation sites (tertiary alicyclic amines) is 1. The Hall–Kier alpha value is -2.14. The fourth-order valence-electron chi connectivity index (χ4n) is 3.04. The molecule has 1 fully saturated rings. The van der Waals surface area contributed by atoms with Crippen molar-refractivity contribution < 1.29 is 9.90 Å². The van der Waals surface area contributed by atoms with Crippen LogP contribution in [0, 0.1) is 0 Å². The summed E-state index contributed by atoms with van der Waals surface area (Å²) in [4.78, 5) is 20.9. The Morgan fingerprint density at radius 3 is 2.77 bits per heavy atom. The van der Waals surface area contributed by atoms with Gasteiger partial charge >= 0.3 is 0 Å². The van der Waals surface area contributed by atoms with Gasteiger partial charge in [-0.2, -0.15) is 0 Å². The molecule has 22 heavy (non-hydrogen) atoms. The lowest BCUT2D eigenvalue weighted by atomic mass is 10.0. The molecule has 0 spiro atoms. The molecule has 1 saturated heterocycles. The number of piperidine rings is 1. The summed E-state index contributed by atoms with van der Waals surface area (Å²) in [5, 5.41) is 11.2. The SMILES string of the molecule is CN1CCC(N(C)C(=O)c2ccc3cccnc3c2O)CC1. The minimum absolute atomic E-state index is 0.0251. The predicted molar refractivity (Wildman–Crippen MR) is 86.0 cm³/mol. The van der Waals surface area contributed by atoms with Crippen molar-refractivity contribution in [3.8, 4) is 5.75 Å². The number of phenols is 1. The third kappa shape index (κ3) is 2.64. The Labute approximate surface area is 130 Å². The number of amides is 1. The van der Waals surface area contributed by atoms with Gasteiger partial charge in [-0.15, -0.1) is 0 Å². The summed E-state index contributed by atoms with van der Waals surface area (Å²) < 4.78 is 0. The van der Waals surface area contributed by atoms with Crippen LogP contribution in [0.4, 0.5) is 0 Å². The second-order valence-corrected chi connectivity index (χ2v) is 5.99. The maximum absolute atomic E-state index is 12.7. The zero-order valence-corrected chi connectivity index (χ0v) is 13.0. The van der Waals surface area contributed by atoms with Gasteiger partial charge in [-0.05, 0) is 45.1 Å². The van der Waals surface area contributed by atoms with Crippen LogP contribution in [0.5, 0.6) is 5.75 Å². The number of hydrogen-bond acceptors (Lipinski definition) is 4. The molecule has 0 unspecified atom stereocenters. The summed E-state index contributed by atoms with van der Waals surface area (Å²) in [6, 6.07) is 7.43. The predicted octanol–water partition coefficient (Wildman–Crippen LogP) is 2.11. The van der Waals surface area contributed by atoms with Crippen LogP contribution in [0.15, 0.2) is 30.5 Å². The largest absolute Gasteiger partial charge is 0.505 e. The molecule has 1 amide bonds. The molecule has 0 bridgehead atoms. The van der Waals surface area contributed by atoms with E-state index in [4.69, 9.17) is 0 Å². The standard InChI is InChI=1S/C17H21N3O2/c1-19-10-7-13(8-11-19)20(2)17(22)14-6-5-12-4-3-9-18-15(12)16(14)21/h3-6,9,13,21H,7-8,10-11H2,1-2H3. The monoisotopic (exact) mass is 299 g/mol. The molecule has 116 valence electrons. The number of nitrogens with zero attached hydrogens (tertiary/aromatic N) is 3. The zero-order chi connectivity index (χ0) is 15.7. The van der Waals surface area contributed by atoms with Crippen LogP contribution in [0.25, 0.3) is 10.9 Å². The molecule has 0 atom stereocenters. The van der Waals surface area contributed by atoms with E-state index in [0.717, 1.165) is 31.3 Å². The Bertz CT molecular complexity index is 693. The molecule has 5 heteroatoms. The number of benzene rings is 1. The van der Waals surface area contributed by atoms with E-state index < -0.39 is 0 Å². The van der Waals surface area contributed by atoms with Crippen LogP contribution >= 0.6 is 0 Å². The number of aromatic nitrogens is 1. The molecule has 1 aliphatic heterocycles. The van der Waals surface area contributed by atoms with Crippen LogP contribution in [0.2, 0.25) is 0 Å². The summed E-state index contributed by atoms with van der Waals surface area (Å²) in [6.07, 6.45) is 3.55. The Morgan fingerprint density at radius 1 is 1.32 bits per heavy atom. The van der Waals surface area contributed by atoms with E-state index in [1.807, 2.05) is 25.2 Å². The number of pyridine rings is 1. The molecule has 1 N–H and O–H groups in total. The maximum atomic E-state index is 12.7. The van der Waals surface area contributed by atoms with Gasteiger partial charge in [0, 0.05) is 24.7 Å². The Kier molecular flexibility index (Phi) is 3.98. The van der Waals surface area contributed by atoms with Gasteiger partial charge in [-0.25, -0.2) is 0 Å². The molecule has 1 aromatic heterocycles. The third-order valence-electron chi connectivity index (χ3n) is 4.53. The van der Waals surface area contributed by atoms with E-state index in [1.165, 1.54) is 0 Å². The van der Waals surface area contributed by atoms with Crippen molar-refractivity contribution >= 4 is 16.8 Å². The Morgan fingerprint density at radius 2 is 2.05 bits per heavy atom. The number of carbonyl (C=O) groups is 1. The molecular weight excluding hydrogens is 278 g/mol. The van der Waals surface area contributed by atoms with Gasteiger partial charge in [-0.3, -0.25) is 9.78 Å². The molecule has 0 aliphatic carbocycles. The van der Waals surface area contributed by atoms with Gasteiger partial charge < -0.3 is 14.9 Å². The minimum atomic E-state index is -0.139. The number of rotatable bonds is 2. The van der Waals surface area contributed by atoms with Crippen molar-refractivity contribution in [2.75, 3.05) is 27.2 Å². The van der Waals surface area contributed by atoms with Gasteiger partial charge in [-0.1, -0.05) is 12.1 Å². The lowest BCUT2D eigenvalue weighted by molar-refractivity contribution is 0.0657. The molecule has 2 aromatic rings. The van der Waals surface area contributed by atoms with Crippen molar-refractivity contribution in [1.82, 2.24) is 14.8 Å². The molecular formula is C17H21N3O2. The Balaban J connectivity index is 1.87. The van der Waals surface area contributed by atoms with E-state index in [9.17, 15) is 9.90 Å². The average molecular weight is 299 g/mol. The first kappa shape index (κ1) is 14.8. The number of phenolic OH excluding ortho intramolecular Hbond substituents is 1. The molecule has 0 radical (unpaired) electrons. The fraction of sp³-hybridized carbons (Fsp3) is 0.412. The summed E-state index contributed by atoms with van der Waals surface area (Å²) in [6.45, 7) is 1.99. The van der Waals surface area contributed by atoms with Crippen LogP contribution < -0.4 is 0 Å². The number of aromatic hydroxyl groups is 1. The number of carbonyl (C=O) groups excluding carboxylic acids is 1. The fourth-order valence-corrected chi connectivity index (χ4v) is 3.04. The van der Waals surface area contributed by atoms with E-state index in [-0.39, 0.29) is 17.7 Å². The first-order valence-electron chi connectivity index (χ1n) is 7.60. The van der Waals surface area contributed by atoms with Crippen LogP contribution in [-0.2, 0) is 0 Å². The van der Waals surface area contributed by atoms with Gasteiger partial charge in [0.25, 0.3) is 5.91 Å². The summed E-state index contributed by atoms with van der Waals surface area (Å²) in [7, 11) is 3.92. The van der Waals surface area contributed by atoms with E-state index in [0.29, 0.717) is 11.1 Å². The van der Waals surface area contributed by atoms with E-state index in [1.54, 1.807) is 17.2 Å².